The molecule has 0 bridgehead atoms. The van der Waals surface area contributed by atoms with Gasteiger partial charge in [0.15, 0.2) is 9.04 Å². The molecule has 0 aliphatic carbocycles. The average molecular weight is 156 g/mol. The van der Waals surface area contributed by atoms with Gasteiger partial charge in [0, 0.05) is 12.5 Å². The van der Waals surface area contributed by atoms with Gasteiger partial charge in [-0.2, -0.15) is 0 Å². The fourth-order valence-corrected chi connectivity index (χ4v) is 1.14. The lowest BCUT2D eigenvalue weighted by molar-refractivity contribution is 0.304. The third-order valence-electron chi connectivity index (χ3n) is 1.23. The quantitative estimate of drug-likeness (QED) is 0.437. The summed E-state index contributed by atoms with van der Waals surface area (Å²) in [6, 6.07) is 0. The summed E-state index contributed by atoms with van der Waals surface area (Å²) in [7, 11) is -0.850. The van der Waals surface area contributed by atoms with E-state index in [1.807, 2.05) is 12.2 Å². The average Bonchev–Trinajstić information content (AvgIpc) is 1.90. The van der Waals surface area contributed by atoms with Crippen molar-refractivity contribution in [2.45, 2.75) is 13.1 Å². The molecule has 1 nitrogen and oxygen atoms in total. The lowest BCUT2D eigenvalue weighted by Gasteiger charge is -2.09. The lowest BCUT2D eigenvalue weighted by atomic mass is 10.2. The van der Waals surface area contributed by atoms with Gasteiger partial charge in [0.05, 0.1) is 0 Å². The van der Waals surface area contributed by atoms with Crippen LogP contribution < -0.4 is 0 Å². The van der Waals surface area contributed by atoms with Crippen molar-refractivity contribution in [2.75, 3.05) is 6.61 Å². The Balaban J connectivity index is 3.44. The van der Waals surface area contributed by atoms with Crippen molar-refractivity contribution in [1.29, 1.82) is 0 Å². The fourth-order valence-electron chi connectivity index (χ4n) is 0.536. The zero-order valence-electron chi connectivity index (χ0n) is 6.84. The van der Waals surface area contributed by atoms with Gasteiger partial charge in [-0.15, -0.1) is 13.2 Å². The van der Waals surface area contributed by atoms with Crippen LogP contribution in [0.2, 0.25) is 13.1 Å². The molecule has 0 aromatic heterocycles. The van der Waals surface area contributed by atoms with Crippen LogP contribution in [0.1, 0.15) is 0 Å². The Hall–Kier alpha value is -0.343. The standard InChI is InChI=1S/C8H16OSi/c1-5-8(6-2)7-9-10(3)4/h5-6,8,10H,1-2,7H2,3-4H3. The predicted molar refractivity (Wildman–Crippen MR) is 48.7 cm³/mol. The number of hydrogen-bond acceptors (Lipinski definition) is 1. The monoisotopic (exact) mass is 156 g/mol. The highest BCUT2D eigenvalue weighted by Crippen LogP contribution is 2.00. The molecule has 0 aliphatic rings. The molecule has 0 rings (SSSR count). The van der Waals surface area contributed by atoms with E-state index in [0.29, 0.717) is 5.92 Å². The third-order valence-corrected chi connectivity index (χ3v) is 2.09. The third kappa shape index (κ3) is 4.53. The van der Waals surface area contributed by atoms with Crippen LogP contribution in [0.15, 0.2) is 25.3 Å². The molecular weight excluding hydrogens is 140 g/mol. The minimum atomic E-state index is -0.850. The van der Waals surface area contributed by atoms with Crippen molar-refractivity contribution in [2.24, 2.45) is 5.92 Å². The van der Waals surface area contributed by atoms with Crippen LogP contribution in [0.4, 0.5) is 0 Å². The zero-order chi connectivity index (χ0) is 7.98. The van der Waals surface area contributed by atoms with Crippen molar-refractivity contribution in [1.82, 2.24) is 0 Å². The van der Waals surface area contributed by atoms with E-state index in [4.69, 9.17) is 4.43 Å². The topological polar surface area (TPSA) is 9.23 Å². The Morgan fingerprint density at radius 1 is 1.40 bits per heavy atom. The SMILES string of the molecule is C=CC(C=C)CO[SiH](C)C. The van der Waals surface area contributed by atoms with Crippen molar-refractivity contribution < 1.29 is 4.43 Å². The molecule has 0 aromatic rings. The fraction of sp³-hybridized carbons (Fsp3) is 0.500. The molecule has 10 heavy (non-hydrogen) atoms. The number of rotatable bonds is 5. The van der Waals surface area contributed by atoms with E-state index in [9.17, 15) is 0 Å². The smallest absolute Gasteiger partial charge is 0.170 e. The summed E-state index contributed by atoms with van der Waals surface area (Å²) < 4.78 is 5.48. The second kappa shape index (κ2) is 5.44. The van der Waals surface area contributed by atoms with Crippen molar-refractivity contribution in [3.63, 3.8) is 0 Å². The van der Waals surface area contributed by atoms with Crippen LogP contribution in [-0.4, -0.2) is 15.6 Å². The van der Waals surface area contributed by atoms with Crippen LogP contribution in [0.3, 0.4) is 0 Å². The Labute approximate surface area is 65.1 Å². The molecule has 0 N–H and O–H groups in total. The van der Waals surface area contributed by atoms with E-state index in [0.717, 1.165) is 6.61 Å². The molecule has 0 saturated carbocycles. The van der Waals surface area contributed by atoms with Crippen LogP contribution in [0, 0.1) is 5.92 Å². The first-order valence-electron chi connectivity index (χ1n) is 3.57. The normalized spacial score (nSPS) is 10.4. The first kappa shape index (κ1) is 9.66. The highest BCUT2D eigenvalue weighted by atomic mass is 28.3. The summed E-state index contributed by atoms with van der Waals surface area (Å²) in [5, 5.41) is 0. The highest BCUT2D eigenvalue weighted by molar-refractivity contribution is 6.48. The molecule has 0 fully saturated rings. The molecule has 58 valence electrons. The minimum absolute atomic E-state index is 0.329. The Morgan fingerprint density at radius 2 is 1.90 bits per heavy atom. The van der Waals surface area contributed by atoms with Gasteiger partial charge in [0.25, 0.3) is 0 Å². The van der Waals surface area contributed by atoms with Gasteiger partial charge in [0.2, 0.25) is 0 Å². The highest BCUT2D eigenvalue weighted by Gasteiger charge is 2.00. The molecule has 0 aromatic carbocycles. The zero-order valence-corrected chi connectivity index (χ0v) is 7.99. The van der Waals surface area contributed by atoms with Gasteiger partial charge in [-0.05, 0) is 13.1 Å². The second-order valence-corrected chi connectivity index (χ2v) is 4.95. The number of hydrogen-bond donors (Lipinski definition) is 0. The van der Waals surface area contributed by atoms with E-state index >= 15 is 0 Å². The molecule has 0 aliphatic heterocycles. The summed E-state index contributed by atoms with van der Waals surface area (Å²) >= 11 is 0. The van der Waals surface area contributed by atoms with Crippen molar-refractivity contribution in [3.05, 3.63) is 25.3 Å². The van der Waals surface area contributed by atoms with E-state index in [-0.39, 0.29) is 0 Å². The second-order valence-electron chi connectivity index (χ2n) is 2.52. The van der Waals surface area contributed by atoms with Gasteiger partial charge in [0.1, 0.15) is 0 Å². The Bertz CT molecular complexity index is 102. The molecule has 0 unspecified atom stereocenters. The van der Waals surface area contributed by atoms with Gasteiger partial charge >= 0.3 is 0 Å². The molecule has 0 saturated heterocycles. The molecule has 0 atom stereocenters. The first-order valence-corrected chi connectivity index (χ1v) is 6.35. The molecular formula is C8H16OSi. The molecule has 0 radical (unpaired) electrons. The maximum Gasteiger partial charge on any atom is 0.170 e. The van der Waals surface area contributed by atoms with Crippen LogP contribution >= 0.6 is 0 Å². The summed E-state index contributed by atoms with van der Waals surface area (Å²) in [6.07, 6.45) is 3.73. The van der Waals surface area contributed by atoms with Crippen LogP contribution in [0.5, 0.6) is 0 Å². The van der Waals surface area contributed by atoms with E-state index in [1.54, 1.807) is 0 Å². The Kier molecular flexibility index (Phi) is 5.26. The van der Waals surface area contributed by atoms with Gasteiger partial charge in [-0.3, -0.25) is 0 Å². The summed E-state index contributed by atoms with van der Waals surface area (Å²) in [6.45, 7) is 12.4. The van der Waals surface area contributed by atoms with Crippen molar-refractivity contribution >= 4 is 9.04 Å². The van der Waals surface area contributed by atoms with Gasteiger partial charge < -0.3 is 4.43 Å². The van der Waals surface area contributed by atoms with E-state index in [1.165, 1.54) is 0 Å². The van der Waals surface area contributed by atoms with Gasteiger partial charge in [-0.25, -0.2) is 0 Å². The molecule has 0 heterocycles. The van der Waals surface area contributed by atoms with Crippen molar-refractivity contribution in [3.8, 4) is 0 Å². The summed E-state index contributed by atoms with van der Waals surface area (Å²) in [5.74, 6) is 0.329. The maximum absolute atomic E-state index is 5.48. The van der Waals surface area contributed by atoms with Crippen LogP contribution in [-0.2, 0) is 4.43 Å². The summed E-state index contributed by atoms with van der Waals surface area (Å²) in [5.41, 5.74) is 0. The molecule has 2 heteroatoms. The largest absolute Gasteiger partial charge is 0.420 e. The summed E-state index contributed by atoms with van der Waals surface area (Å²) in [4.78, 5) is 0. The first-order chi connectivity index (χ1) is 4.70. The Morgan fingerprint density at radius 3 is 2.20 bits per heavy atom. The lowest BCUT2D eigenvalue weighted by Crippen LogP contribution is -2.13. The van der Waals surface area contributed by atoms with E-state index in [2.05, 4.69) is 26.3 Å². The van der Waals surface area contributed by atoms with E-state index < -0.39 is 9.04 Å². The predicted octanol–water partition coefficient (Wildman–Crippen LogP) is 1.97. The molecule has 0 spiro atoms. The van der Waals surface area contributed by atoms with Gasteiger partial charge in [-0.1, -0.05) is 12.2 Å². The maximum atomic E-state index is 5.48. The minimum Gasteiger partial charge on any atom is -0.420 e. The van der Waals surface area contributed by atoms with Crippen LogP contribution in [0.25, 0.3) is 0 Å². The molecule has 0 amide bonds.